The summed E-state index contributed by atoms with van der Waals surface area (Å²) < 4.78 is 43.7. The minimum Gasteiger partial charge on any atom is -0.483 e. The number of hydrogen-bond donors (Lipinski definition) is 1. The van der Waals surface area contributed by atoms with Gasteiger partial charge < -0.3 is 4.74 Å². The molecule has 1 aromatic carbocycles. The summed E-state index contributed by atoms with van der Waals surface area (Å²) >= 11 is 0. The minimum atomic E-state index is -3.25. The van der Waals surface area contributed by atoms with Crippen LogP contribution in [0.25, 0.3) is 0 Å². The van der Waals surface area contributed by atoms with Crippen molar-refractivity contribution in [3.63, 3.8) is 0 Å². The molecule has 0 amide bonds. The van der Waals surface area contributed by atoms with Gasteiger partial charge in [0.15, 0.2) is 5.75 Å². The molecule has 1 saturated carbocycles. The van der Waals surface area contributed by atoms with Gasteiger partial charge in [0.2, 0.25) is 10.0 Å². The fourth-order valence-corrected chi connectivity index (χ4v) is 3.36. The van der Waals surface area contributed by atoms with Crippen molar-refractivity contribution in [2.45, 2.75) is 37.8 Å². The molecule has 7 nitrogen and oxygen atoms in total. The van der Waals surface area contributed by atoms with E-state index >= 15 is 0 Å². The van der Waals surface area contributed by atoms with Crippen molar-refractivity contribution >= 4 is 15.7 Å². The summed E-state index contributed by atoms with van der Waals surface area (Å²) in [5, 5.41) is 10.9. The van der Waals surface area contributed by atoms with Crippen LogP contribution in [0.2, 0.25) is 0 Å². The fourth-order valence-electron chi connectivity index (χ4n) is 2.51. The number of hydrogen-bond acceptors (Lipinski definition) is 5. The second kappa shape index (κ2) is 6.57. The van der Waals surface area contributed by atoms with Gasteiger partial charge in [0, 0.05) is 18.2 Å². The highest BCUT2D eigenvalue weighted by Crippen LogP contribution is 2.31. The second-order valence-corrected chi connectivity index (χ2v) is 7.13. The van der Waals surface area contributed by atoms with Crippen molar-refractivity contribution in [1.29, 1.82) is 0 Å². The number of benzene rings is 1. The molecule has 0 aliphatic heterocycles. The van der Waals surface area contributed by atoms with Gasteiger partial charge >= 0.3 is 5.69 Å². The number of rotatable bonds is 5. The van der Waals surface area contributed by atoms with E-state index < -0.39 is 20.8 Å². The summed E-state index contributed by atoms with van der Waals surface area (Å²) in [5.74, 6) is -0.697. The Bertz CT molecular complexity index is 656. The van der Waals surface area contributed by atoms with Gasteiger partial charge in [-0.1, -0.05) is 0 Å². The molecule has 2 rings (SSSR count). The molecule has 0 unspecified atom stereocenters. The molecule has 1 fully saturated rings. The molecular formula is C13H17FN2O5S. The first kappa shape index (κ1) is 16.6. The number of ether oxygens (including phenoxy) is 1. The normalized spacial score (nSPS) is 22.3. The maximum absolute atomic E-state index is 13.2. The predicted molar refractivity (Wildman–Crippen MR) is 77.7 cm³/mol. The van der Waals surface area contributed by atoms with Crippen molar-refractivity contribution in [2.24, 2.45) is 0 Å². The number of halogens is 1. The van der Waals surface area contributed by atoms with E-state index in [2.05, 4.69) is 4.72 Å². The van der Waals surface area contributed by atoms with Crippen molar-refractivity contribution < 1.29 is 22.5 Å². The van der Waals surface area contributed by atoms with Gasteiger partial charge in [0.05, 0.1) is 17.3 Å². The summed E-state index contributed by atoms with van der Waals surface area (Å²) in [6.07, 6.45) is 3.04. The van der Waals surface area contributed by atoms with E-state index in [1.807, 2.05) is 0 Å². The molecule has 0 saturated heterocycles. The molecule has 0 spiro atoms. The SMILES string of the molecule is CS(=O)(=O)NC1CCC(Oc2cc(F)ccc2[N+](=O)[O-])CC1. The topological polar surface area (TPSA) is 98.5 Å². The van der Waals surface area contributed by atoms with Gasteiger partial charge in [-0.2, -0.15) is 0 Å². The van der Waals surface area contributed by atoms with Crippen molar-refractivity contribution in [3.05, 3.63) is 34.1 Å². The second-order valence-electron chi connectivity index (χ2n) is 5.35. The van der Waals surface area contributed by atoms with Crippen molar-refractivity contribution in [2.75, 3.05) is 6.26 Å². The summed E-state index contributed by atoms with van der Waals surface area (Å²) in [4.78, 5) is 10.3. The highest BCUT2D eigenvalue weighted by Gasteiger charge is 2.26. The summed E-state index contributed by atoms with van der Waals surface area (Å²) in [6, 6.07) is 2.93. The van der Waals surface area contributed by atoms with Crippen LogP contribution >= 0.6 is 0 Å². The van der Waals surface area contributed by atoms with Crippen molar-refractivity contribution in [1.82, 2.24) is 4.72 Å². The summed E-state index contributed by atoms with van der Waals surface area (Å²) in [5.41, 5.74) is -0.280. The Morgan fingerprint density at radius 2 is 1.95 bits per heavy atom. The zero-order valence-corrected chi connectivity index (χ0v) is 12.8. The van der Waals surface area contributed by atoms with E-state index in [0.29, 0.717) is 25.7 Å². The Balaban J connectivity index is 1.99. The average Bonchev–Trinajstić information content (AvgIpc) is 2.39. The Kier molecular flexibility index (Phi) is 4.97. The van der Waals surface area contributed by atoms with Crippen LogP contribution in [0.15, 0.2) is 18.2 Å². The third-order valence-corrected chi connectivity index (χ3v) is 4.23. The molecule has 0 aromatic heterocycles. The van der Waals surface area contributed by atoms with E-state index in [-0.39, 0.29) is 23.6 Å². The van der Waals surface area contributed by atoms with E-state index in [1.54, 1.807) is 0 Å². The van der Waals surface area contributed by atoms with E-state index in [1.165, 1.54) is 0 Å². The molecule has 0 atom stereocenters. The third kappa shape index (κ3) is 4.63. The Morgan fingerprint density at radius 3 is 2.50 bits per heavy atom. The highest BCUT2D eigenvalue weighted by molar-refractivity contribution is 7.88. The molecule has 1 aliphatic carbocycles. The Hall–Kier alpha value is -1.74. The van der Waals surface area contributed by atoms with Gasteiger partial charge in [0.25, 0.3) is 0 Å². The lowest BCUT2D eigenvalue weighted by atomic mass is 9.93. The lowest BCUT2D eigenvalue weighted by Gasteiger charge is -2.28. The molecule has 122 valence electrons. The molecule has 0 radical (unpaired) electrons. The average molecular weight is 332 g/mol. The first-order valence-corrected chi connectivity index (χ1v) is 8.71. The molecule has 9 heteroatoms. The standard InChI is InChI=1S/C13H17FN2O5S/c1-22(19,20)15-10-3-5-11(6-4-10)21-13-8-9(14)2-7-12(13)16(17)18/h2,7-8,10-11,15H,3-6H2,1H3. The van der Waals surface area contributed by atoms with Gasteiger partial charge in [-0.15, -0.1) is 0 Å². The first-order valence-electron chi connectivity index (χ1n) is 6.82. The minimum absolute atomic E-state index is 0.0930. The molecule has 1 aliphatic rings. The third-order valence-electron chi connectivity index (χ3n) is 3.47. The first-order chi connectivity index (χ1) is 10.2. The molecular weight excluding hydrogens is 315 g/mol. The zero-order valence-electron chi connectivity index (χ0n) is 12.0. The Morgan fingerprint density at radius 1 is 1.32 bits per heavy atom. The van der Waals surface area contributed by atoms with Crippen molar-refractivity contribution in [3.8, 4) is 5.75 Å². The maximum atomic E-state index is 13.2. The summed E-state index contributed by atoms with van der Waals surface area (Å²) in [7, 11) is -3.25. The lowest BCUT2D eigenvalue weighted by molar-refractivity contribution is -0.386. The molecule has 1 aromatic rings. The van der Waals surface area contributed by atoms with Crippen LogP contribution in [0.3, 0.4) is 0 Å². The quantitative estimate of drug-likeness (QED) is 0.656. The monoisotopic (exact) mass is 332 g/mol. The van der Waals surface area contributed by atoms with Crippen LogP contribution in [0.5, 0.6) is 5.75 Å². The van der Waals surface area contributed by atoms with Gasteiger partial charge in [-0.05, 0) is 31.7 Å². The number of sulfonamides is 1. The fraction of sp³-hybridized carbons (Fsp3) is 0.538. The van der Waals surface area contributed by atoms with Gasteiger partial charge in [-0.25, -0.2) is 17.5 Å². The van der Waals surface area contributed by atoms with E-state index in [9.17, 15) is 22.9 Å². The molecule has 22 heavy (non-hydrogen) atoms. The number of nitrogens with zero attached hydrogens (tertiary/aromatic N) is 1. The summed E-state index contributed by atoms with van der Waals surface area (Å²) in [6.45, 7) is 0. The predicted octanol–water partition coefficient (Wildman–Crippen LogP) is 1.97. The molecule has 0 bridgehead atoms. The van der Waals surface area contributed by atoms with E-state index in [0.717, 1.165) is 24.5 Å². The number of nitro groups is 1. The highest BCUT2D eigenvalue weighted by atomic mass is 32.2. The Labute approximate surface area is 127 Å². The number of nitrogens with one attached hydrogen (secondary N) is 1. The largest absolute Gasteiger partial charge is 0.483 e. The molecule has 0 heterocycles. The van der Waals surface area contributed by atoms with Crippen LogP contribution in [0.4, 0.5) is 10.1 Å². The van der Waals surface area contributed by atoms with Crippen LogP contribution in [0.1, 0.15) is 25.7 Å². The van der Waals surface area contributed by atoms with Crippen LogP contribution in [-0.2, 0) is 10.0 Å². The van der Waals surface area contributed by atoms with Crippen LogP contribution < -0.4 is 9.46 Å². The van der Waals surface area contributed by atoms with Crippen LogP contribution in [0, 0.1) is 15.9 Å². The van der Waals surface area contributed by atoms with Gasteiger partial charge in [-0.3, -0.25) is 10.1 Å². The lowest BCUT2D eigenvalue weighted by Crippen LogP contribution is -2.39. The van der Waals surface area contributed by atoms with E-state index in [4.69, 9.17) is 4.74 Å². The maximum Gasteiger partial charge on any atom is 0.311 e. The van der Waals surface area contributed by atoms with Crippen LogP contribution in [-0.4, -0.2) is 31.7 Å². The number of nitro benzene ring substituents is 1. The zero-order chi connectivity index (χ0) is 16.3. The smallest absolute Gasteiger partial charge is 0.311 e. The van der Waals surface area contributed by atoms with Gasteiger partial charge in [0.1, 0.15) is 5.82 Å². The molecule has 1 N–H and O–H groups in total.